The van der Waals surface area contributed by atoms with Crippen LogP contribution < -0.4 is 5.32 Å². The molecule has 0 radical (unpaired) electrons. The number of para-hydroxylation sites is 1. The van der Waals surface area contributed by atoms with Gasteiger partial charge in [-0.05, 0) is 55.0 Å². The van der Waals surface area contributed by atoms with E-state index in [4.69, 9.17) is 14.2 Å². The fourth-order valence-electron chi connectivity index (χ4n) is 4.27. The fraction of sp³-hybridized carbons (Fsp3) is 0.185. The second-order valence-electron chi connectivity index (χ2n) is 8.21. The Morgan fingerprint density at radius 3 is 2.68 bits per heavy atom. The number of carbonyl (C=O) groups excluding carboxylic acids is 2. The third-order valence-corrected chi connectivity index (χ3v) is 5.74. The monoisotopic (exact) mass is 453 g/mol. The van der Waals surface area contributed by atoms with Crippen LogP contribution in [0, 0.1) is 6.92 Å². The first kappa shape index (κ1) is 21.6. The maximum Gasteiger partial charge on any atom is 0.339 e. The molecule has 4 aromatic rings. The van der Waals surface area contributed by atoms with Crippen LogP contribution in [0.2, 0.25) is 0 Å². The molecule has 34 heavy (non-hydrogen) atoms. The molecule has 0 atom stereocenters. The Bertz CT molecular complexity index is 1410. The van der Waals surface area contributed by atoms with Crippen molar-refractivity contribution in [3.8, 4) is 0 Å². The van der Waals surface area contributed by atoms with E-state index in [1.165, 1.54) is 0 Å². The van der Waals surface area contributed by atoms with E-state index >= 15 is 0 Å². The minimum atomic E-state index is -0.540. The molecule has 2 heterocycles. The summed E-state index contributed by atoms with van der Waals surface area (Å²) in [7, 11) is 0. The number of carbonyl (C=O) groups is 2. The number of anilines is 1. The Balaban J connectivity index is 1.47. The number of nitrogens with one attached hydrogen (secondary N) is 1. The molecule has 2 aromatic heterocycles. The predicted molar refractivity (Wildman–Crippen MR) is 129 cm³/mol. The van der Waals surface area contributed by atoms with Gasteiger partial charge in [0.1, 0.15) is 5.76 Å². The van der Waals surface area contributed by atoms with Crippen molar-refractivity contribution in [2.45, 2.75) is 26.2 Å². The summed E-state index contributed by atoms with van der Waals surface area (Å²) < 4.78 is 10.4. The first-order valence-electron chi connectivity index (χ1n) is 11.2. The van der Waals surface area contributed by atoms with Crippen LogP contribution in [0.1, 0.15) is 45.8 Å². The molecule has 2 aromatic carbocycles. The quantitative estimate of drug-likeness (QED) is 0.417. The molecule has 1 N–H and O–H groups in total. The highest BCUT2D eigenvalue weighted by Gasteiger charge is 2.26. The van der Waals surface area contributed by atoms with Gasteiger partial charge in [0.25, 0.3) is 5.91 Å². The lowest BCUT2D eigenvalue weighted by Crippen LogP contribution is -2.22. The summed E-state index contributed by atoms with van der Waals surface area (Å²) >= 11 is 0. The largest absolute Gasteiger partial charge is 0.452 e. The number of aromatic nitrogens is 2. The molecule has 1 aliphatic rings. The summed E-state index contributed by atoms with van der Waals surface area (Å²) in [5, 5.41) is 7.00. The van der Waals surface area contributed by atoms with Gasteiger partial charge in [0.2, 0.25) is 0 Å². The van der Waals surface area contributed by atoms with Crippen molar-refractivity contribution in [1.29, 1.82) is 0 Å². The zero-order valence-electron chi connectivity index (χ0n) is 18.7. The molecule has 5 rings (SSSR count). The Morgan fingerprint density at radius 1 is 1.09 bits per heavy atom. The first-order chi connectivity index (χ1) is 16.6. The van der Waals surface area contributed by atoms with E-state index in [9.17, 15) is 9.59 Å². The number of allylic oxidation sites excluding steroid dienone is 1. The minimum Gasteiger partial charge on any atom is -0.452 e. The molecule has 0 bridgehead atoms. The molecule has 0 spiro atoms. The lowest BCUT2D eigenvalue weighted by atomic mass is 9.86. The Labute approximate surface area is 196 Å². The van der Waals surface area contributed by atoms with Gasteiger partial charge in [-0.25, -0.2) is 9.78 Å². The average molecular weight is 453 g/mol. The van der Waals surface area contributed by atoms with E-state index in [1.54, 1.807) is 13.0 Å². The van der Waals surface area contributed by atoms with Gasteiger partial charge < -0.3 is 14.6 Å². The predicted octanol–water partition coefficient (Wildman–Crippen LogP) is 5.20. The van der Waals surface area contributed by atoms with Crippen LogP contribution in [-0.2, 0) is 16.0 Å². The van der Waals surface area contributed by atoms with Crippen LogP contribution in [0.5, 0.6) is 0 Å². The first-order valence-corrected chi connectivity index (χ1v) is 11.2. The zero-order chi connectivity index (χ0) is 23.5. The van der Waals surface area contributed by atoms with Gasteiger partial charge in [-0.2, -0.15) is 0 Å². The van der Waals surface area contributed by atoms with E-state index in [-0.39, 0.29) is 5.82 Å². The smallest absolute Gasteiger partial charge is 0.339 e. The minimum absolute atomic E-state index is 0.279. The lowest BCUT2D eigenvalue weighted by molar-refractivity contribution is -0.119. The second kappa shape index (κ2) is 9.31. The van der Waals surface area contributed by atoms with Crippen molar-refractivity contribution < 1.29 is 18.8 Å². The highest BCUT2D eigenvalue weighted by molar-refractivity contribution is 6.07. The number of amides is 1. The lowest BCUT2D eigenvalue weighted by Gasteiger charge is -2.22. The fourth-order valence-corrected chi connectivity index (χ4v) is 4.27. The molecule has 1 amide bonds. The molecular weight excluding hydrogens is 430 g/mol. The van der Waals surface area contributed by atoms with Gasteiger partial charge in [-0.1, -0.05) is 53.7 Å². The van der Waals surface area contributed by atoms with Crippen LogP contribution in [0.25, 0.3) is 22.6 Å². The maximum atomic E-state index is 13.3. The number of pyridine rings is 1. The molecule has 0 aliphatic heterocycles. The molecule has 1 aliphatic carbocycles. The Kier molecular flexibility index (Phi) is 5.91. The molecule has 0 fully saturated rings. The molecule has 0 saturated heterocycles. The number of fused-ring (bicyclic) bond motifs is 2. The summed E-state index contributed by atoms with van der Waals surface area (Å²) in [4.78, 5) is 30.5. The molecular formula is C27H23N3O4. The van der Waals surface area contributed by atoms with Gasteiger partial charge in [0.15, 0.2) is 12.4 Å². The standard InChI is InChI=1S/C27H23N3O4/c1-17-14-23(30-34-17)29-24(31)16-33-27(32)25-20-11-5-6-13-22(20)28-26-19(10-7-12-21(25)26)15-18-8-3-2-4-9-18/h2-6,8-9,11,13-15H,7,10,12,16H2,1H3,(H,29,30,31)/b19-15-. The zero-order valence-corrected chi connectivity index (χ0v) is 18.7. The van der Waals surface area contributed by atoms with Crippen molar-refractivity contribution >= 4 is 40.2 Å². The molecule has 7 heteroatoms. The van der Waals surface area contributed by atoms with Crippen LogP contribution in [0.4, 0.5) is 5.82 Å². The summed E-state index contributed by atoms with van der Waals surface area (Å²) in [6.07, 6.45) is 4.62. The van der Waals surface area contributed by atoms with Crippen LogP contribution in [0.3, 0.4) is 0 Å². The van der Waals surface area contributed by atoms with Gasteiger partial charge >= 0.3 is 5.97 Å². The number of aryl methyl sites for hydroxylation is 1. The van der Waals surface area contributed by atoms with Crippen molar-refractivity contribution in [2.75, 3.05) is 11.9 Å². The summed E-state index contributed by atoms with van der Waals surface area (Å²) in [6, 6.07) is 19.2. The molecule has 0 saturated carbocycles. The number of ether oxygens (including phenoxy) is 1. The average Bonchev–Trinajstić information content (AvgIpc) is 3.26. The molecule has 7 nitrogen and oxygen atoms in total. The van der Waals surface area contributed by atoms with E-state index in [2.05, 4.69) is 16.5 Å². The van der Waals surface area contributed by atoms with Crippen LogP contribution >= 0.6 is 0 Å². The number of rotatable bonds is 5. The van der Waals surface area contributed by atoms with E-state index in [1.807, 2.05) is 54.6 Å². The maximum absolute atomic E-state index is 13.3. The van der Waals surface area contributed by atoms with Crippen molar-refractivity contribution in [3.63, 3.8) is 0 Å². The summed E-state index contributed by atoms with van der Waals surface area (Å²) in [6.45, 7) is 1.30. The van der Waals surface area contributed by atoms with E-state index in [0.29, 0.717) is 17.7 Å². The highest BCUT2D eigenvalue weighted by atomic mass is 16.5. The number of esters is 1. The van der Waals surface area contributed by atoms with Gasteiger partial charge in [0.05, 0.1) is 16.8 Å². The normalized spacial score (nSPS) is 14.1. The second-order valence-corrected chi connectivity index (χ2v) is 8.21. The number of hydrogen-bond donors (Lipinski definition) is 1. The topological polar surface area (TPSA) is 94.3 Å². The Hall–Kier alpha value is -4.26. The third kappa shape index (κ3) is 4.45. The number of hydrogen-bond acceptors (Lipinski definition) is 6. The third-order valence-electron chi connectivity index (χ3n) is 5.74. The van der Waals surface area contributed by atoms with Gasteiger partial charge in [-0.3, -0.25) is 4.79 Å². The Morgan fingerprint density at radius 2 is 1.88 bits per heavy atom. The molecule has 0 unspecified atom stereocenters. The van der Waals surface area contributed by atoms with Gasteiger partial charge in [0, 0.05) is 11.5 Å². The number of nitrogens with zero attached hydrogens (tertiary/aromatic N) is 2. The van der Waals surface area contributed by atoms with Crippen LogP contribution in [0.15, 0.2) is 65.2 Å². The van der Waals surface area contributed by atoms with Gasteiger partial charge in [-0.15, -0.1) is 0 Å². The summed E-state index contributed by atoms with van der Waals surface area (Å²) in [5.74, 6) is -0.177. The molecule has 170 valence electrons. The van der Waals surface area contributed by atoms with Crippen molar-refractivity contribution in [2.24, 2.45) is 0 Å². The van der Waals surface area contributed by atoms with E-state index < -0.39 is 18.5 Å². The van der Waals surface area contributed by atoms with E-state index in [0.717, 1.165) is 46.1 Å². The van der Waals surface area contributed by atoms with Crippen molar-refractivity contribution in [3.05, 3.63) is 88.8 Å². The highest BCUT2D eigenvalue weighted by Crippen LogP contribution is 2.36. The summed E-state index contributed by atoms with van der Waals surface area (Å²) in [5.41, 5.74) is 5.06. The van der Waals surface area contributed by atoms with Crippen molar-refractivity contribution in [1.82, 2.24) is 10.1 Å². The number of benzene rings is 2. The van der Waals surface area contributed by atoms with Crippen LogP contribution in [-0.4, -0.2) is 28.6 Å². The SMILES string of the molecule is Cc1cc(NC(=O)COC(=O)c2c3c(nc4ccccc24)/C(=C\c2ccccc2)CCC3)no1.